The van der Waals surface area contributed by atoms with Gasteiger partial charge in [-0.2, -0.15) is 0 Å². The molecule has 0 saturated heterocycles. The van der Waals surface area contributed by atoms with E-state index in [9.17, 15) is 0 Å². The summed E-state index contributed by atoms with van der Waals surface area (Å²) in [6, 6.07) is 0.661. The van der Waals surface area contributed by atoms with Gasteiger partial charge in [0.2, 0.25) is 0 Å². The molecule has 0 spiro atoms. The molecule has 1 heteroatoms. The van der Waals surface area contributed by atoms with E-state index in [-0.39, 0.29) is 0 Å². The summed E-state index contributed by atoms with van der Waals surface area (Å²) in [4.78, 5) is 0. The van der Waals surface area contributed by atoms with Gasteiger partial charge in [-0.1, -0.05) is 18.8 Å². The monoisotopic (exact) mass is 165 g/mol. The van der Waals surface area contributed by atoms with Crippen molar-refractivity contribution in [2.24, 2.45) is 5.92 Å². The maximum absolute atomic E-state index is 3.45. The van der Waals surface area contributed by atoms with Gasteiger partial charge in [-0.05, 0) is 32.6 Å². The van der Waals surface area contributed by atoms with Crippen LogP contribution in [0.4, 0.5) is 0 Å². The topological polar surface area (TPSA) is 12.0 Å². The summed E-state index contributed by atoms with van der Waals surface area (Å²) in [5.74, 6) is 6.85. The van der Waals surface area contributed by atoms with E-state index in [1.54, 1.807) is 0 Å². The molecule has 0 aromatic heterocycles. The lowest BCUT2D eigenvalue weighted by Crippen LogP contribution is -2.32. The van der Waals surface area contributed by atoms with Gasteiger partial charge in [-0.15, -0.1) is 5.92 Å². The van der Waals surface area contributed by atoms with Gasteiger partial charge in [0, 0.05) is 6.04 Å². The summed E-state index contributed by atoms with van der Waals surface area (Å²) in [6.07, 6.45) is 5.67. The minimum Gasteiger partial charge on any atom is -0.303 e. The first-order chi connectivity index (χ1) is 5.84. The van der Waals surface area contributed by atoms with E-state index < -0.39 is 0 Å². The number of rotatable bonds is 3. The number of nitrogens with one attached hydrogen (secondary N) is 1. The van der Waals surface area contributed by atoms with Crippen molar-refractivity contribution in [3.8, 4) is 11.8 Å². The molecule has 0 unspecified atom stereocenters. The largest absolute Gasteiger partial charge is 0.303 e. The van der Waals surface area contributed by atoms with Crippen LogP contribution >= 0.6 is 0 Å². The molecular weight excluding hydrogens is 146 g/mol. The van der Waals surface area contributed by atoms with Crippen LogP contribution in [0.5, 0.6) is 0 Å². The Morgan fingerprint density at radius 1 is 1.42 bits per heavy atom. The van der Waals surface area contributed by atoms with Crippen LogP contribution in [0, 0.1) is 17.8 Å². The van der Waals surface area contributed by atoms with Crippen LogP contribution in [0.15, 0.2) is 0 Å². The van der Waals surface area contributed by atoms with E-state index in [1.807, 2.05) is 6.92 Å². The van der Waals surface area contributed by atoms with Gasteiger partial charge < -0.3 is 5.32 Å². The molecule has 0 radical (unpaired) electrons. The average molecular weight is 165 g/mol. The predicted molar refractivity (Wildman–Crippen MR) is 52.9 cm³/mol. The van der Waals surface area contributed by atoms with Crippen molar-refractivity contribution in [2.45, 2.75) is 45.6 Å². The van der Waals surface area contributed by atoms with E-state index in [2.05, 4.69) is 24.1 Å². The maximum Gasteiger partial charge on any atom is 0.0578 e. The smallest absolute Gasteiger partial charge is 0.0578 e. The second-order valence-electron chi connectivity index (χ2n) is 3.64. The first-order valence-electron chi connectivity index (χ1n) is 4.97. The van der Waals surface area contributed by atoms with Crippen LogP contribution in [-0.4, -0.2) is 12.6 Å². The summed E-state index contributed by atoms with van der Waals surface area (Å²) in [7, 11) is 0. The van der Waals surface area contributed by atoms with Crippen LogP contribution in [-0.2, 0) is 0 Å². The molecule has 1 fully saturated rings. The Morgan fingerprint density at radius 3 is 2.67 bits per heavy atom. The Kier molecular flexibility index (Phi) is 4.18. The fraction of sp³-hybridized carbons (Fsp3) is 0.818. The van der Waals surface area contributed by atoms with Gasteiger partial charge >= 0.3 is 0 Å². The minimum atomic E-state index is 0.661. The fourth-order valence-electron chi connectivity index (χ4n) is 1.92. The first-order valence-corrected chi connectivity index (χ1v) is 4.97. The lowest BCUT2D eigenvalue weighted by atomic mass is 10.00. The zero-order chi connectivity index (χ0) is 8.81. The van der Waals surface area contributed by atoms with Crippen molar-refractivity contribution >= 4 is 0 Å². The third kappa shape index (κ3) is 2.87. The molecule has 1 nitrogen and oxygen atoms in total. The SMILES string of the molecule is CC#CCN[C@H](C)C1CCCC1. The quantitative estimate of drug-likeness (QED) is 0.632. The van der Waals surface area contributed by atoms with Crippen LogP contribution in [0.25, 0.3) is 0 Å². The van der Waals surface area contributed by atoms with E-state index >= 15 is 0 Å². The van der Waals surface area contributed by atoms with Gasteiger partial charge in [0.05, 0.1) is 6.54 Å². The van der Waals surface area contributed by atoms with Crippen molar-refractivity contribution in [3.05, 3.63) is 0 Å². The summed E-state index contributed by atoms with van der Waals surface area (Å²) < 4.78 is 0. The van der Waals surface area contributed by atoms with Gasteiger partial charge in [0.1, 0.15) is 0 Å². The van der Waals surface area contributed by atoms with Gasteiger partial charge in [0.15, 0.2) is 0 Å². The van der Waals surface area contributed by atoms with Gasteiger partial charge in [-0.25, -0.2) is 0 Å². The zero-order valence-electron chi connectivity index (χ0n) is 8.19. The molecular formula is C11H19N. The lowest BCUT2D eigenvalue weighted by molar-refractivity contribution is 0.396. The molecule has 0 amide bonds. The Morgan fingerprint density at radius 2 is 2.08 bits per heavy atom. The third-order valence-electron chi connectivity index (χ3n) is 2.80. The summed E-state index contributed by atoms with van der Waals surface area (Å²) >= 11 is 0. The van der Waals surface area contributed by atoms with Gasteiger partial charge in [0.25, 0.3) is 0 Å². The molecule has 1 saturated carbocycles. The molecule has 1 N–H and O–H groups in total. The molecule has 1 aliphatic rings. The Balaban J connectivity index is 2.16. The van der Waals surface area contributed by atoms with Crippen LogP contribution < -0.4 is 5.32 Å². The Bertz CT molecular complexity index is 169. The molecule has 0 bridgehead atoms. The molecule has 0 aromatic rings. The van der Waals surface area contributed by atoms with Crippen molar-refractivity contribution < 1.29 is 0 Å². The minimum absolute atomic E-state index is 0.661. The molecule has 1 aliphatic carbocycles. The standard InChI is InChI=1S/C11H19N/c1-3-4-9-12-10(2)11-7-5-6-8-11/h10-12H,5-9H2,1-2H3/t10-/m1/s1. The van der Waals surface area contributed by atoms with E-state index in [0.717, 1.165) is 12.5 Å². The number of hydrogen-bond donors (Lipinski definition) is 1. The van der Waals surface area contributed by atoms with Crippen LogP contribution in [0.3, 0.4) is 0 Å². The van der Waals surface area contributed by atoms with Crippen molar-refractivity contribution in [1.82, 2.24) is 5.32 Å². The van der Waals surface area contributed by atoms with E-state index in [0.29, 0.717) is 6.04 Å². The second kappa shape index (κ2) is 5.22. The van der Waals surface area contributed by atoms with Crippen LogP contribution in [0.2, 0.25) is 0 Å². The molecule has 0 aliphatic heterocycles. The highest BCUT2D eigenvalue weighted by molar-refractivity contribution is 4.97. The Hall–Kier alpha value is -0.480. The summed E-state index contributed by atoms with van der Waals surface area (Å²) in [5.41, 5.74) is 0. The molecule has 68 valence electrons. The maximum atomic E-state index is 3.45. The van der Waals surface area contributed by atoms with Gasteiger partial charge in [-0.3, -0.25) is 0 Å². The number of hydrogen-bond acceptors (Lipinski definition) is 1. The molecule has 1 rings (SSSR count). The summed E-state index contributed by atoms with van der Waals surface area (Å²) in [6.45, 7) is 5.03. The first kappa shape index (κ1) is 9.61. The molecule has 0 heterocycles. The molecule has 0 aromatic carbocycles. The second-order valence-corrected chi connectivity index (χ2v) is 3.64. The van der Waals surface area contributed by atoms with Crippen molar-refractivity contribution in [1.29, 1.82) is 0 Å². The van der Waals surface area contributed by atoms with Crippen LogP contribution in [0.1, 0.15) is 39.5 Å². The predicted octanol–water partition coefficient (Wildman–Crippen LogP) is 2.18. The lowest BCUT2D eigenvalue weighted by Gasteiger charge is -2.18. The van der Waals surface area contributed by atoms with Crippen molar-refractivity contribution in [2.75, 3.05) is 6.54 Å². The highest BCUT2D eigenvalue weighted by atomic mass is 14.9. The third-order valence-corrected chi connectivity index (χ3v) is 2.80. The van der Waals surface area contributed by atoms with E-state index in [4.69, 9.17) is 0 Å². The Labute approximate surface area is 75.9 Å². The highest BCUT2D eigenvalue weighted by Crippen LogP contribution is 2.27. The zero-order valence-corrected chi connectivity index (χ0v) is 8.19. The van der Waals surface area contributed by atoms with E-state index in [1.165, 1.54) is 25.7 Å². The fourth-order valence-corrected chi connectivity index (χ4v) is 1.92. The van der Waals surface area contributed by atoms with Crippen molar-refractivity contribution in [3.63, 3.8) is 0 Å². The molecule has 1 atom stereocenters. The highest BCUT2D eigenvalue weighted by Gasteiger charge is 2.20. The average Bonchev–Trinajstić information content (AvgIpc) is 2.56. The normalized spacial score (nSPS) is 20.2. The molecule has 12 heavy (non-hydrogen) atoms. The summed E-state index contributed by atoms with van der Waals surface area (Å²) in [5, 5.41) is 3.45.